The molecule has 4 heteroatoms. The van der Waals surface area contributed by atoms with Crippen LogP contribution in [-0.4, -0.2) is 17.8 Å². The number of primary amides is 1. The monoisotopic (exact) mass is 271 g/mol. The molecule has 1 amide bonds. The van der Waals surface area contributed by atoms with Crippen LogP contribution in [0.4, 0.5) is 0 Å². The summed E-state index contributed by atoms with van der Waals surface area (Å²) in [5, 5.41) is 3.24. The molecule has 1 atom stereocenters. The second-order valence-electron chi connectivity index (χ2n) is 5.42. The van der Waals surface area contributed by atoms with Gasteiger partial charge in [0.2, 0.25) is 0 Å². The van der Waals surface area contributed by atoms with Gasteiger partial charge in [-0.3, -0.25) is 9.79 Å². The Bertz CT molecular complexity index is 569. The lowest BCUT2D eigenvalue weighted by molar-refractivity contribution is -0.114. The van der Waals surface area contributed by atoms with Crippen LogP contribution >= 0.6 is 0 Å². The highest BCUT2D eigenvalue weighted by Gasteiger charge is 2.28. The van der Waals surface area contributed by atoms with Crippen molar-refractivity contribution in [2.75, 3.05) is 0 Å². The van der Waals surface area contributed by atoms with Crippen molar-refractivity contribution in [1.82, 2.24) is 5.32 Å². The van der Waals surface area contributed by atoms with E-state index in [2.05, 4.69) is 49.3 Å². The molecule has 1 heterocycles. The van der Waals surface area contributed by atoms with E-state index in [0.29, 0.717) is 5.57 Å². The first-order chi connectivity index (χ1) is 9.44. The fourth-order valence-electron chi connectivity index (χ4n) is 2.54. The SMILES string of the molecule is CCC1(Cc2cc(C)cc(C)c2)N=CC(C(N)=O)=CN1. The molecule has 1 unspecified atom stereocenters. The summed E-state index contributed by atoms with van der Waals surface area (Å²) >= 11 is 0. The predicted octanol–water partition coefficient (Wildman–Crippen LogP) is 2.00. The molecule has 4 nitrogen and oxygen atoms in total. The lowest BCUT2D eigenvalue weighted by Crippen LogP contribution is -2.45. The van der Waals surface area contributed by atoms with E-state index >= 15 is 0 Å². The van der Waals surface area contributed by atoms with Crippen molar-refractivity contribution in [2.45, 2.75) is 39.3 Å². The maximum atomic E-state index is 11.1. The quantitative estimate of drug-likeness (QED) is 0.879. The Hall–Kier alpha value is -2.10. The maximum absolute atomic E-state index is 11.1. The molecule has 0 saturated heterocycles. The average Bonchev–Trinajstić information content (AvgIpc) is 2.38. The van der Waals surface area contributed by atoms with Crippen molar-refractivity contribution in [1.29, 1.82) is 0 Å². The Kier molecular flexibility index (Phi) is 3.93. The number of nitrogens with zero attached hydrogens (tertiary/aromatic N) is 1. The van der Waals surface area contributed by atoms with Crippen LogP contribution < -0.4 is 11.1 Å². The third kappa shape index (κ3) is 3.07. The lowest BCUT2D eigenvalue weighted by atomic mass is 9.94. The second kappa shape index (κ2) is 5.49. The molecule has 0 radical (unpaired) electrons. The van der Waals surface area contributed by atoms with Crippen molar-refractivity contribution >= 4 is 12.1 Å². The van der Waals surface area contributed by atoms with Gasteiger partial charge >= 0.3 is 0 Å². The van der Waals surface area contributed by atoms with Gasteiger partial charge in [-0.25, -0.2) is 0 Å². The molecule has 0 bridgehead atoms. The topological polar surface area (TPSA) is 67.5 Å². The second-order valence-corrected chi connectivity index (χ2v) is 5.42. The Morgan fingerprint density at radius 3 is 2.40 bits per heavy atom. The molecule has 0 fully saturated rings. The fourth-order valence-corrected chi connectivity index (χ4v) is 2.54. The summed E-state index contributed by atoms with van der Waals surface area (Å²) in [5.74, 6) is -0.461. The zero-order chi connectivity index (χ0) is 14.8. The Morgan fingerprint density at radius 1 is 1.30 bits per heavy atom. The first-order valence-corrected chi connectivity index (χ1v) is 6.84. The molecule has 0 aliphatic carbocycles. The van der Waals surface area contributed by atoms with Gasteiger partial charge in [0.05, 0.1) is 5.57 Å². The summed E-state index contributed by atoms with van der Waals surface area (Å²) in [6, 6.07) is 6.51. The highest BCUT2D eigenvalue weighted by Crippen LogP contribution is 2.23. The normalized spacial score (nSPS) is 21.2. The molecule has 0 saturated carbocycles. The summed E-state index contributed by atoms with van der Waals surface area (Å²) in [5.41, 5.74) is 9.01. The predicted molar refractivity (Wildman–Crippen MR) is 81.5 cm³/mol. The highest BCUT2D eigenvalue weighted by atomic mass is 16.1. The fraction of sp³-hybridized carbons (Fsp3) is 0.375. The molecule has 0 aromatic heterocycles. The molecular formula is C16H21N3O. The Balaban J connectivity index is 2.22. The Labute approximate surface area is 119 Å². The largest absolute Gasteiger partial charge is 0.366 e. The minimum atomic E-state index is -0.461. The van der Waals surface area contributed by atoms with Gasteiger partial charge in [0.25, 0.3) is 5.91 Å². The molecule has 1 aromatic rings. The van der Waals surface area contributed by atoms with Crippen molar-refractivity contribution in [2.24, 2.45) is 10.7 Å². The van der Waals surface area contributed by atoms with Gasteiger partial charge in [-0.05, 0) is 25.8 Å². The number of aliphatic imine (C=N–C) groups is 1. The van der Waals surface area contributed by atoms with Crippen LogP contribution in [0.2, 0.25) is 0 Å². The standard InChI is InChI=1S/C16H21N3O/c1-4-16(18-9-14(10-19-16)15(17)20)8-13-6-11(2)5-12(3)7-13/h5-7,9-10,18H,4,8H2,1-3H3,(H2,17,20). The van der Waals surface area contributed by atoms with Crippen LogP contribution in [0.15, 0.2) is 35.0 Å². The van der Waals surface area contributed by atoms with Gasteiger partial charge in [0.1, 0.15) is 5.66 Å². The third-order valence-electron chi connectivity index (χ3n) is 3.59. The molecule has 3 N–H and O–H groups in total. The van der Waals surface area contributed by atoms with E-state index < -0.39 is 5.91 Å². The number of rotatable bonds is 4. The van der Waals surface area contributed by atoms with Gasteiger partial charge in [0, 0.05) is 18.8 Å². The van der Waals surface area contributed by atoms with Crippen LogP contribution in [0, 0.1) is 13.8 Å². The van der Waals surface area contributed by atoms with Crippen LogP contribution in [0.25, 0.3) is 0 Å². The third-order valence-corrected chi connectivity index (χ3v) is 3.59. The number of hydrogen-bond acceptors (Lipinski definition) is 3. The minimum Gasteiger partial charge on any atom is -0.366 e. The molecule has 1 aromatic carbocycles. The highest BCUT2D eigenvalue weighted by molar-refractivity contribution is 6.11. The number of hydrogen-bond donors (Lipinski definition) is 2. The van der Waals surface area contributed by atoms with Crippen molar-refractivity contribution in [3.8, 4) is 0 Å². The van der Waals surface area contributed by atoms with E-state index in [-0.39, 0.29) is 5.66 Å². The molecule has 0 spiro atoms. The summed E-state index contributed by atoms with van der Waals surface area (Å²) in [7, 11) is 0. The van der Waals surface area contributed by atoms with Gasteiger partial charge in [-0.2, -0.15) is 0 Å². The summed E-state index contributed by atoms with van der Waals surface area (Å²) in [4.78, 5) is 15.7. The van der Waals surface area contributed by atoms with Gasteiger partial charge in [-0.1, -0.05) is 36.2 Å². The average molecular weight is 271 g/mol. The summed E-state index contributed by atoms with van der Waals surface area (Å²) in [6.45, 7) is 6.27. The number of nitrogens with two attached hydrogens (primary N) is 1. The zero-order valence-corrected chi connectivity index (χ0v) is 12.2. The summed E-state index contributed by atoms with van der Waals surface area (Å²) < 4.78 is 0. The zero-order valence-electron chi connectivity index (χ0n) is 12.2. The number of aryl methyl sites for hydroxylation is 2. The molecular weight excluding hydrogens is 250 g/mol. The van der Waals surface area contributed by atoms with Crippen LogP contribution in [0.3, 0.4) is 0 Å². The number of nitrogens with one attached hydrogen (secondary N) is 1. The van der Waals surface area contributed by atoms with Crippen LogP contribution in [0.1, 0.15) is 30.0 Å². The van der Waals surface area contributed by atoms with Gasteiger partial charge < -0.3 is 11.1 Å². The number of carbonyl (C=O) groups excluding carboxylic acids is 1. The first kappa shape index (κ1) is 14.3. The van der Waals surface area contributed by atoms with Gasteiger partial charge in [0.15, 0.2) is 0 Å². The van der Waals surface area contributed by atoms with Crippen LogP contribution in [-0.2, 0) is 11.2 Å². The van der Waals surface area contributed by atoms with E-state index in [9.17, 15) is 4.79 Å². The van der Waals surface area contributed by atoms with Crippen molar-refractivity contribution < 1.29 is 4.79 Å². The molecule has 1 aliphatic heterocycles. The minimum absolute atomic E-state index is 0.390. The van der Waals surface area contributed by atoms with E-state index in [0.717, 1.165) is 12.8 Å². The summed E-state index contributed by atoms with van der Waals surface area (Å²) in [6.07, 6.45) is 4.86. The number of benzene rings is 1. The number of carbonyl (C=O) groups is 1. The van der Waals surface area contributed by atoms with E-state index in [4.69, 9.17) is 5.73 Å². The molecule has 1 aliphatic rings. The lowest BCUT2D eigenvalue weighted by Gasteiger charge is -2.32. The smallest absolute Gasteiger partial charge is 0.251 e. The van der Waals surface area contributed by atoms with E-state index in [1.165, 1.54) is 16.7 Å². The molecule has 2 rings (SSSR count). The Morgan fingerprint density at radius 2 is 1.95 bits per heavy atom. The van der Waals surface area contributed by atoms with Gasteiger partial charge in [-0.15, -0.1) is 0 Å². The molecule has 20 heavy (non-hydrogen) atoms. The van der Waals surface area contributed by atoms with Crippen LogP contribution in [0.5, 0.6) is 0 Å². The number of amides is 1. The van der Waals surface area contributed by atoms with Crippen molar-refractivity contribution in [3.63, 3.8) is 0 Å². The molecule has 106 valence electrons. The van der Waals surface area contributed by atoms with E-state index in [1.54, 1.807) is 12.4 Å². The van der Waals surface area contributed by atoms with Crippen molar-refractivity contribution in [3.05, 3.63) is 46.7 Å². The first-order valence-electron chi connectivity index (χ1n) is 6.84. The maximum Gasteiger partial charge on any atom is 0.251 e. The van der Waals surface area contributed by atoms with E-state index in [1.807, 2.05) is 0 Å².